The molecule has 0 spiro atoms. The molecule has 2 saturated heterocycles. The number of benzene rings is 1. The SMILES string of the molecule is C[C@H]1CC2N[C@@](C)(C1)C[C@H](Oc1ncc(-c3ccc(-n4ccnc4)cc3O)nn1)[C@H]2F. The van der Waals surface area contributed by atoms with Crippen molar-refractivity contribution in [1.82, 2.24) is 30.0 Å². The molecule has 0 aliphatic carbocycles. The third kappa shape index (κ3) is 3.85. The summed E-state index contributed by atoms with van der Waals surface area (Å²) < 4.78 is 22.6. The number of phenols is 1. The molecular formula is C22H25FN6O2. The van der Waals surface area contributed by atoms with Crippen molar-refractivity contribution in [2.24, 2.45) is 5.92 Å². The highest BCUT2D eigenvalue weighted by Crippen LogP contribution is 2.39. The fourth-order valence-corrected chi connectivity index (χ4v) is 5.01. The van der Waals surface area contributed by atoms with Crippen molar-refractivity contribution in [3.63, 3.8) is 0 Å². The van der Waals surface area contributed by atoms with Gasteiger partial charge in [-0.1, -0.05) is 12.0 Å². The topological polar surface area (TPSA) is 98.0 Å². The van der Waals surface area contributed by atoms with Crippen LogP contribution in [0.1, 0.15) is 33.1 Å². The lowest BCUT2D eigenvalue weighted by Crippen LogP contribution is -2.66. The van der Waals surface area contributed by atoms with E-state index in [9.17, 15) is 9.50 Å². The summed E-state index contributed by atoms with van der Waals surface area (Å²) >= 11 is 0. The van der Waals surface area contributed by atoms with Crippen LogP contribution in [0.5, 0.6) is 11.8 Å². The molecule has 1 unspecified atom stereocenters. The molecule has 5 rings (SSSR count). The van der Waals surface area contributed by atoms with Crippen molar-refractivity contribution in [3.8, 4) is 28.7 Å². The second kappa shape index (κ2) is 7.56. The molecule has 0 saturated carbocycles. The molecule has 2 bridgehead atoms. The van der Waals surface area contributed by atoms with E-state index in [-0.39, 0.29) is 23.3 Å². The van der Waals surface area contributed by atoms with Crippen molar-refractivity contribution in [1.29, 1.82) is 0 Å². The fraction of sp³-hybridized carbons (Fsp3) is 0.455. The Morgan fingerprint density at radius 3 is 2.87 bits per heavy atom. The maximum atomic E-state index is 15.0. The van der Waals surface area contributed by atoms with Crippen LogP contribution in [0.15, 0.2) is 43.1 Å². The van der Waals surface area contributed by atoms with Crippen molar-refractivity contribution >= 4 is 0 Å². The van der Waals surface area contributed by atoms with Crippen molar-refractivity contribution < 1.29 is 14.2 Å². The first-order valence-electron chi connectivity index (χ1n) is 10.5. The summed E-state index contributed by atoms with van der Waals surface area (Å²) in [5.41, 5.74) is 1.53. The van der Waals surface area contributed by atoms with E-state index in [4.69, 9.17) is 4.74 Å². The first kappa shape index (κ1) is 19.9. The standard InChI is InChI=1S/C22H25FN6O2/c1-13-7-16-20(23)19(10-22(2,9-13)26-16)31-21-25-11-17(27-28-21)15-4-3-14(8-18(15)30)29-6-5-24-12-29/h3-6,8,11-13,16,19-20,26,30H,7,9-10H2,1-2H3/t13-,16?,19-,20-,22-/m0/s1. The number of aromatic hydroxyl groups is 1. The molecule has 0 amide bonds. The molecule has 31 heavy (non-hydrogen) atoms. The van der Waals surface area contributed by atoms with Crippen LogP contribution in [0.4, 0.5) is 4.39 Å². The van der Waals surface area contributed by atoms with Crippen LogP contribution in [0.2, 0.25) is 0 Å². The summed E-state index contributed by atoms with van der Waals surface area (Å²) in [5, 5.41) is 22.0. The van der Waals surface area contributed by atoms with E-state index in [1.54, 1.807) is 35.4 Å². The average molecular weight is 424 g/mol. The Hall–Kier alpha value is -3.07. The van der Waals surface area contributed by atoms with Gasteiger partial charge < -0.3 is 19.7 Å². The van der Waals surface area contributed by atoms with Gasteiger partial charge in [-0.3, -0.25) is 0 Å². The lowest BCUT2D eigenvalue weighted by Gasteiger charge is -2.50. The van der Waals surface area contributed by atoms with Crippen molar-refractivity contribution in [2.45, 2.75) is 57.0 Å². The number of rotatable bonds is 4. The zero-order valence-corrected chi connectivity index (χ0v) is 17.4. The summed E-state index contributed by atoms with van der Waals surface area (Å²) in [5.74, 6) is 0.536. The Bertz CT molecular complexity index is 1060. The molecule has 2 aliphatic rings. The molecule has 2 aliphatic heterocycles. The monoisotopic (exact) mass is 424 g/mol. The minimum Gasteiger partial charge on any atom is -0.507 e. The second-order valence-corrected chi connectivity index (χ2v) is 8.96. The summed E-state index contributed by atoms with van der Waals surface area (Å²) in [4.78, 5) is 8.22. The Morgan fingerprint density at radius 2 is 2.16 bits per heavy atom. The Kier molecular flexibility index (Phi) is 4.85. The molecule has 2 fully saturated rings. The van der Waals surface area contributed by atoms with Gasteiger partial charge in [0.2, 0.25) is 0 Å². The summed E-state index contributed by atoms with van der Waals surface area (Å²) in [7, 11) is 0. The smallest absolute Gasteiger partial charge is 0.336 e. The molecule has 2 N–H and O–H groups in total. The van der Waals surface area contributed by atoms with E-state index in [1.807, 2.05) is 6.07 Å². The number of imidazole rings is 1. The maximum Gasteiger partial charge on any atom is 0.336 e. The highest BCUT2D eigenvalue weighted by molar-refractivity contribution is 5.67. The lowest BCUT2D eigenvalue weighted by atomic mass is 9.71. The first-order valence-corrected chi connectivity index (χ1v) is 10.5. The van der Waals surface area contributed by atoms with Crippen LogP contribution >= 0.6 is 0 Å². The summed E-state index contributed by atoms with van der Waals surface area (Å²) in [6, 6.07) is 5.02. The molecule has 2 aromatic heterocycles. The number of piperidine rings is 2. The predicted octanol–water partition coefficient (Wildman–Crippen LogP) is 3.07. The average Bonchev–Trinajstić information content (AvgIpc) is 3.27. The molecule has 9 heteroatoms. The van der Waals surface area contributed by atoms with E-state index in [2.05, 4.69) is 39.3 Å². The van der Waals surface area contributed by atoms with Crippen LogP contribution in [0.25, 0.3) is 16.9 Å². The van der Waals surface area contributed by atoms with Gasteiger partial charge in [-0.15, -0.1) is 5.10 Å². The van der Waals surface area contributed by atoms with Gasteiger partial charge in [-0.2, -0.15) is 0 Å². The minimum absolute atomic E-state index is 0.0440. The highest BCUT2D eigenvalue weighted by Gasteiger charge is 2.49. The third-order valence-electron chi connectivity index (χ3n) is 6.24. The van der Waals surface area contributed by atoms with Crippen LogP contribution in [0, 0.1) is 5.92 Å². The van der Waals surface area contributed by atoms with Gasteiger partial charge >= 0.3 is 6.01 Å². The molecule has 1 aromatic carbocycles. The van der Waals surface area contributed by atoms with Crippen LogP contribution in [-0.4, -0.2) is 53.7 Å². The van der Waals surface area contributed by atoms with Gasteiger partial charge in [0.25, 0.3) is 0 Å². The number of nitrogens with zero attached hydrogens (tertiary/aromatic N) is 5. The Morgan fingerprint density at radius 1 is 1.29 bits per heavy atom. The molecule has 5 atom stereocenters. The Balaban J connectivity index is 1.32. The number of aromatic nitrogens is 5. The van der Waals surface area contributed by atoms with Crippen LogP contribution in [-0.2, 0) is 0 Å². The summed E-state index contributed by atoms with van der Waals surface area (Å²) in [6.45, 7) is 4.29. The van der Waals surface area contributed by atoms with Crippen LogP contribution in [0.3, 0.4) is 0 Å². The van der Waals surface area contributed by atoms with E-state index < -0.39 is 12.3 Å². The largest absolute Gasteiger partial charge is 0.507 e. The quantitative estimate of drug-likeness (QED) is 0.664. The van der Waals surface area contributed by atoms with Gasteiger partial charge in [-0.05, 0) is 37.8 Å². The first-order chi connectivity index (χ1) is 14.9. The summed E-state index contributed by atoms with van der Waals surface area (Å²) in [6.07, 6.45) is 7.18. The molecule has 162 valence electrons. The zero-order chi connectivity index (χ0) is 21.6. The van der Waals surface area contributed by atoms with E-state index in [0.717, 1.165) is 18.5 Å². The predicted molar refractivity (Wildman–Crippen MR) is 112 cm³/mol. The van der Waals surface area contributed by atoms with Crippen molar-refractivity contribution in [2.75, 3.05) is 0 Å². The molecular weight excluding hydrogens is 399 g/mol. The van der Waals surface area contributed by atoms with E-state index in [1.165, 1.54) is 6.20 Å². The number of ether oxygens (including phenoxy) is 1. The minimum atomic E-state index is -1.13. The number of fused-ring (bicyclic) bond motifs is 2. The number of nitrogens with one attached hydrogen (secondary N) is 1. The second-order valence-electron chi connectivity index (χ2n) is 8.96. The van der Waals surface area contributed by atoms with E-state index >= 15 is 0 Å². The molecule has 3 aromatic rings. The van der Waals surface area contributed by atoms with Gasteiger partial charge in [0.05, 0.1) is 18.2 Å². The zero-order valence-electron chi connectivity index (χ0n) is 17.4. The third-order valence-corrected chi connectivity index (χ3v) is 6.24. The number of halogens is 1. The number of phenolic OH excluding ortho intramolecular Hbond substituents is 1. The van der Waals surface area contributed by atoms with E-state index in [0.29, 0.717) is 23.6 Å². The number of alkyl halides is 1. The fourth-order valence-electron chi connectivity index (χ4n) is 5.01. The normalized spacial score (nSPS) is 30.2. The highest BCUT2D eigenvalue weighted by atomic mass is 19.1. The van der Waals surface area contributed by atoms with Gasteiger partial charge in [-0.25, -0.2) is 14.4 Å². The number of hydrogen-bond acceptors (Lipinski definition) is 7. The maximum absolute atomic E-state index is 15.0. The molecule has 0 radical (unpaired) electrons. The number of hydrogen-bond donors (Lipinski definition) is 2. The van der Waals surface area contributed by atoms with Crippen LogP contribution < -0.4 is 10.1 Å². The van der Waals surface area contributed by atoms with Gasteiger partial charge in [0.1, 0.15) is 17.5 Å². The van der Waals surface area contributed by atoms with Gasteiger partial charge in [0.15, 0.2) is 6.17 Å². The molecule has 8 nitrogen and oxygen atoms in total. The Labute approximate surface area is 179 Å². The molecule has 4 heterocycles. The van der Waals surface area contributed by atoms with Crippen molar-refractivity contribution in [3.05, 3.63) is 43.1 Å². The van der Waals surface area contributed by atoms with Gasteiger partial charge in [0, 0.05) is 42.0 Å². The lowest BCUT2D eigenvalue weighted by molar-refractivity contribution is -0.0357.